The van der Waals surface area contributed by atoms with Gasteiger partial charge in [-0.15, -0.1) is 0 Å². The Kier molecular flexibility index (Phi) is 3.79. The Labute approximate surface area is 127 Å². The fourth-order valence-corrected chi connectivity index (χ4v) is 2.08. The van der Waals surface area contributed by atoms with Gasteiger partial charge in [0.2, 0.25) is 0 Å². The molecular weight excluding hydrogens is 288 g/mol. The van der Waals surface area contributed by atoms with E-state index in [0.29, 0.717) is 10.8 Å². The van der Waals surface area contributed by atoms with E-state index < -0.39 is 0 Å². The maximum absolute atomic E-state index is 5.98. The third-order valence-corrected chi connectivity index (χ3v) is 3.16. The first-order valence-corrected chi connectivity index (χ1v) is 6.75. The summed E-state index contributed by atoms with van der Waals surface area (Å²) in [6.07, 6.45) is 3.46. The Bertz CT molecular complexity index is 738. The van der Waals surface area contributed by atoms with Gasteiger partial charge in [-0.25, -0.2) is 4.68 Å². The van der Waals surface area contributed by atoms with Gasteiger partial charge in [0.15, 0.2) is 5.75 Å². The summed E-state index contributed by atoms with van der Waals surface area (Å²) < 4.78 is 12.6. The highest BCUT2D eigenvalue weighted by molar-refractivity contribution is 6.30. The number of nitrogens with zero attached hydrogens (tertiary/aromatic N) is 2. The number of hydrogen-bond acceptors (Lipinski definition) is 3. The maximum atomic E-state index is 5.98. The van der Waals surface area contributed by atoms with Crippen molar-refractivity contribution in [2.24, 2.45) is 0 Å². The topological polar surface area (TPSA) is 36.3 Å². The van der Waals surface area contributed by atoms with E-state index in [9.17, 15) is 0 Å². The fraction of sp³-hybridized carbons (Fsp3) is 0.0625. The molecule has 2 aromatic carbocycles. The molecule has 3 aromatic rings. The molecule has 0 spiro atoms. The molecule has 3 rings (SSSR count). The molecule has 0 saturated heterocycles. The molecule has 0 radical (unpaired) electrons. The summed E-state index contributed by atoms with van der Waals surface area (Å²) in [7, 11) is 1.63. The first-order valence-electron chi connectivity index (χ1n) is 6.37. The van der Waals surface area contributed by atoms with Crippen molar-refractivity contribution in [2.75, 3.05) is 7.11 Å². The van der Waals surface area contributed by atoms with E-state index in [1.807, 2.05) is 48.5 Å². The first kappa shape index (κ1) is 13.5. The van der Waals surface area contributed by atoms with Gasteiger partial charge in [-0.3, -0.25) is 0 Å². The SMILES string of the molecule is COc1ccc(Oc2cnn(-c3cccc(Cl)c3)c2)cc1. The van der Waals surface area contributed by atoms with E-state index in [2.05, 4.69) is 5.10 Å². The molecule has 5 heteroatoms. The number of hydrogen-bond donors (Lipinski definition) is 0. The van der Waals surface area contributed by atoms with E-state index in [1.54, 1.807) is 24.2 Å². The van der Waals surface area contributed by atoms with Gasteiger partial charge in [-0.05, 0) is 42.5 Å². The van der Waals surface area contributed by atoms with Crippen LogP contribution in [0.15, 0.2) is 60.9 Å². The maximum Gasteiger partial charge on any atom is 0.165 e. The Hall–Kier alpha value is -2.46. The molecule has 4 nitrogen and oxygen atoms in total. The normalized spacial score (nSPS) is 10.4. The smallest absolute Gasteiger partial charge is 0.165 e. The van der Waals surface area contributed by atoms with Crippen LogP contribution in [0.25, 0.3) is 5.69 Å². The van der Waals surface area contributed by atoms with Gasteiger partial charge in [0.05, 0.1) is 25.2 Å². The predicted octanol–water partition coefficient (Wildman–Crippen LogP) is 4.33. The Morgan fingerprint density at radius 3 is 2.48 bits per heavy atom. The highest BCUT2D eigenvalue weighted by atomic mass is 35.5. The van der Waals surface area contributed by atoms with Crippen LogP contribution < -0.4 is 9.47 Å². The lowest BCUT2D eigenvalue weighted by Gasteiger charge is -2.04. The predicted molar refractivity (Wildman–Crippen MR) is 81.6 cm³/mol. The zero-order chi connectivity index (χ0) is 14.7. The van der Waals surface area contributed by atoms with Crippen LogP contribution in [0.2, 0.25) is 5.02 Å². The van der Waals surface area contributed by atoms with Crippen LogP contribution in [0.1, 0.15) is 0 Å². The second-order valence-electron chi connectivity index (χ2n) is 4.38. The number of ether oxygens (including phenoxy) is 2. The second-order valence-corrected chi connectivity index (χ2v) is 4.81. The molecule has 1 aromatic heterocycles. The van der Waals surface area contributed by atoms with Gasteiger partial charge >= 0.3 is 0 Å². The average molecular weight is 301 g/mol. The second kappa shape index (κ2) is 5.89. The van der Waals surface area contributed by atoms with Crippen molar-refractivity contribution in [3.63, 3.8) is 0 Å². The number of methoxy groups -OCH3 is 1. The molecule has 0 bridgehead atoms. The third kappa shape index (κ3) is 3.17. The zero-order valence-corrected chi connectivity index (χ0v) is 12.1. The summed E-state index contributed by atoms with van der Waals surface area (Å²) in [6, 6.07) is 14.8. The molecule has 0 amide bonds. The van der Waals surface area contributed by atoms with Gasteiger partial charge in [0, 0.05) is 5.02 Å². The standard InChI is InChI=1S/C16H13ClN2O2/c1-20-14-5-7-15(8-6-14)21-16-10-18-19(11-16)13-4-2-3-12(17)9-13/h2-11H,1H3. The number of rotatable bonds is 4. The summed E-state index contributed by atoms with van der Waals surface area (Å²) in [5, 5.41) is 4.93. The molecule has 0 aliphatic heterocycles. The highest BCUT2D eigenvalue weighted by Crippen LogP contribution is 2.24. The third-order valence-electron chi connectivity index (χ3n) is 2.93. The van der Waals surface area contributed by atoms with Gasteiger partial charge in [0.25, 0.3) is 0 Å². The van der Waals surface area contributed by atoms with Crippen molar-refractivity contribution in [3.05, 3.63) is 65.9 Å². The van der Waals surface area contributed by atoms with Crippen LogP contribution >= 0.6 is 11.6 Å². The Morgan fingerprint density at radius 1 is 1.00 bits per heavy atom. The van der Waals surface area contributed by atoms with Crippen LogP contribution in [0.5, 0.6) is 17.2 Å². The summed E-state index contributed by atoms with van der Waals surface area (Å²) >= 11 is 5.98. The lowest BCUT2D eigenvalue weighted by atomic mass is 10.3. The van der Waals surface area contributed by atoms with E-state index in [0.717, 1.165) is 17.2 Å². The molecule has 106 valence electrons. The van der Waals surface area contributed by atoms with Crippen molar-refractivity contribution in [3.8, 4) is 22.9 Å². The molecule has 0 aliphatic rings. The summed E-state index contributed by atoms with van der Waals surface area (Å²) in [6.45, 7) is 0. The minimum Gasteiger partial charge on any atom is -0.497 e. The fourth-order valence-electron chi connectivity index (χ4n) is 1.90. The van der Waals surface area contributed by atoms with Crippen molar-refractivity contribution in [1.82, 2.24) is 9.78 Å². The van der Waals surface area contributed by atoms with Crippen molar-refractivity contribution < 1.29 is 9.47 Å². The quantitative estimate of drug-likeness (QED) is 0.719. The minimum atomic E-state index is 0.653. The van der Waals surface area contributed by atoms with Gasteiger partial charge < -0.3 is 9.47 Å². The number of halogens is 1. The molecule has 0 atom stereocenters. The van der Waals surface area contributed by atoms with Gasteiger partial charge in [-0.1, -0.05) is 17.7 Å². The summed E-state index contributed by atoms with van der Waals surface area (Å²) in [4.78, 5) is 0. The zero-order valence-electron chi connectivity index (χ0n) is 11.4. The lowest BCUT2D eigenvalue weighted by Crippen LogP contribution is -1.93. The molecule has 21 heavy (non-hydrogen) atoms. The van der Waals surface area contributed by atoms with Gasteiger partial charge in [0.1, 0.15) is 11.5 Å². The summed E-state index contributed by atoms with van der Waals surface area (Å²) in [5.41, 5.74) is 0.882. The van der Waals surface area contributed by atoms with E-state index >= 15 is 0 Å². The number of aromatic nitrogens is 2. The van der Waals surface area contributed by atoms with Crippen LogP contribution in [0, 0.1) is 0 Å². The molecule has 1 heterocycles. The van der Waals surface area contributed by atoms with Crippen LogP contribution in [-0.4, -0.2) is 16.9 Å². The molecule has 0 fully saturated rings. The monoisotopic (exact) mass is 300 g/mol. The lowest BCUT2D eigenvalue weighted by molar-refractivity contribution is 0.413. The summed E-state index contributed by atoms with van der Waals surface area (Å²) in [5.74, 6) is 2.17. The number of benzene rings is 2. The van der Waals surface area contributed by atoms with E-state index in [-0.39, 0.29) is 0 Å². The minimum absolute atomic E-state index is 0.653. The molecular formula is C16H13ClN2O2. The molecule has 0 saturated carbocycles. The van der Waals surface area contributed by atoms with Crippen molar-refractivity contribution in [2.45, 2.75) is 0 Å². The van der Waals surface area contributed by atoms with Crippen molar-refractivity contribution in [1.29, 1.82) is 0 Å². The molecule has 0 unspecified atom stereocenters. The van der Waals surface area contributed by atoms with Crippen LogP contribution in [0.4, 0.5) is 0 Å². The van der Waals surface area contributed by atoms with Gasteiger partial charge in [-0.2, -0.15) is 5.10 Å². The average Bonchev–Trinajstić information content (AvgIpc) is 2.97. The van der Waals surface area contributed by atoms with Crippen LogP contribution in [-0.2, 0) is 0 Å². The first-order chi connectivity index (χ1) is 10.2. The molecule has 0 aliphatic carbocycles. The Morgan fingerprint density at radius 2 is 1.76 bits per heavy atom. The van der Waals surface area contributed by atoms with E-state index in [4.69, 9.17) is 21.1 Å². The Balaban J connectivity index is 1.78. The van der Waals surface area contributed by atoms with Crippen LogP contribution in [0.3, 0.4) is 0 Å². The largest absolute Gasteiger partial charge is 0.497 e. The molecule has 0 N–H and O–H groups in total. The van der Waals surface area contributed by atoms with E-state index in [1.165, 1.54) is 0 Å². The van der Waals surface area contributed by atoms with Crippen molar-refractivity contribution >= 4 is 11.6 Å². The highest BCUT2D eigenvalue weighted by Gasteiger charge is 2.04.